The third-order valence-electron chi connectivity index (χ3n) is 5.46. The number of carbonyl (C=O) groups excluding carboxylic acids is 1. The molecular formula is C19H24N6O. The van der Waals surface area contributed by atoms with Gasteiger partial charge in [0.25, 0.3) is 0 Å². The van der Waals surface area contributed by atoms with Gasteiger partial charge in [-0.05, 0) is 43.2 Å². The Hall–Kier alpha value is -2.46. The monoisotopic (exact) mass is 352 g/mol. The molecule has 1 aliphatic carbocycles. The summed E-state index contributed by atoms with van der Waals surface area (Å²) in [7, 11) is 0. The SMILES string of the molecule is N#C[C@@H]1CCCN1C(=O)[C@@H](N)Cc1ccc(C2CN(C3CC3)N=N2)cc1. The lowest BCUT2D eigenvalue weighted by atomic mass is 10.0. The second-order valence-electron chi connectivity index (χ2n) is 7.44. The summed E-state index contributed by atoms with van der Waals surface area (Å²) in [6.07, 6.45) is 4.55. The number of nitrogens with zero attached hydrogens (tertiary/aromatic N) is 5. The lowest BCUT2D eigenvalue weighted by Crippen LogP contribution is -2.46. The van der Waals surface area contributed by atoms with Crippen LogP contribution in [0.25, 0.3) is 0 Å². The number of likely N-dealkylation sites (tertiary alicyclic amines) is 1. The van der Waals surface area contributed by atoms with Crippen LogP contribution in [0.1, 0.15) is 42.9 Å². The Bertz CT molecular complexity index is 735. The van der Waals surface area contributed by atoms with Crippen LogP contribution in [0.5, 0.6) is 0 Å². The molecule has 3 atom stereocenters. The lowest BCUT2D eigenvalue weighted by molar-refractivity contribution is -0.132. The molecule has 1 aromatic carbocycles. The van der Waals surface area contributed by atoms with Crippen LogP contribution in [0.2, 0.25) is 0 Å². The van der Waals surface area contributed by atoms with Crippen LogP contribution in [0.3, 0.4) is 0 Å². The zero-order valence-corrected chi connectivity index (χ0v) is 14.8. The number of hydrogen-bond donors (Lipinski definition) is 1. The van der Waals surface area contributed by atoms with Gasteiger partial charge in [0.15, 0.2) is 0 Å². The molecule has 2 aliphatic heterocycles. The summed E-state index contributed by atoms with van der Waals surface area (Å²) in [4.78, 5) is 14.1. The van der Waals surface area contributed by atoms with E-state index in [0.29, 0.717) is 19.0 Å². The molecule has 1 saturated carbocycles. The van der Waals surface area contributed by atoms with Crippen molar-refractivity contribution in [1.29, 1.82) is 5.26 Å². The molecule has 2 heterocycles. The maximum Gasteiger partial charge on any atom is 0.240 e. The fraction of sp³-hybridized carbons (Fsp3) is 0.579. The highest BCUT2D eigenvalue weighted by atomic mass is 16.2. The van der Waals surface area contributed by atoms with E-state index in [1.807, 2.05) is 12.1 Å². The van der Waals surface area contributed by atoms with Crippen LogP contribution in [0, 0.1) is 11.3 Å². The first-order valence-electron chi connectivity index (χ1n) is 9.37. The highest BCUT2D eigenvalue weighted by Gasteiger charge is 2.34. The van der Waals surface area contributed by atoms with Crippen LogP contribution < -0.4 is 5.73 Å². The number of benzene rings is 1. The van der Waals surface area contributed by atoms with Crippen LogP contribution in [-0.4, -0.2) is 47.0 Å². The van der Waals surface area contributed by atoms with E-state index in [1.165, 1.54) is 12.8 Å². The molecule has 26 heavy (non-hydrogen) atoms. The molecule has 1 amide bonds. The molecular weight excluding hydrogens is 328 g/mol. The number of carbonyl (C=O) groups is 1. The number of nitrogens with two attached hydrogens (primary N) is 1. The third-order valence-corrected chi connectivity index (χ3v) is 5.46. The van der Waals surface area contributed by atoms with E-state index in [4.69, 9.17) is 11.0 Å². The summed E-state index contributed by atoms with van der Waals surface area (Å²) in [6, 6.07) is 10.1. The highest BCUT2D eigenvalue weighted by molar-refractivity contribution is 5.82. The van der Waals surface area contributed by atoms with Crippen LogP contribution >= 0.6 is 0 Å². The van der Waals surface area contributed by atoms with E-state index >= 15 is 0 Å². The number of nitriles is 1. The first-order valence-corrected chi connectivity index (χ1v) is 9.37. The summed E-state index contributed by atoms with van der Waals surface area (Å²) in [6.45, 7) is 1.49. The quantitative estimate of drug-likeness (QED) is 0.876. The fourth-order valence-corrected chi connectivity index (χ4v) is 3.74. The van der Waals surface area contributed by atoms with Gasteiger partial charge in [0, 0.05) is 12.6 Å². The van der Waals surface area contributed by atoms with Gasteiger partial charge in [0.05, 0.1) is 18.7 Å². The van der Waals surface area contributed by atoms with E-state index in [9.17, 15) is 4.79 Å². The van der Waals surface area contributed by atoms with E-state index in [1.54, 1.807) is 4.90 Å². The zero-order valence-electron chi connectivity index (χ0n) is 14.8. The predicted octanol–water partition coefficient (Wildman–Crippen LogP) is 1.96. The van der Waals surface area contributed by atoms with E-state index in [-0.39, 0.29) is 18.0 Å². The summed E-state index contributed by atoms with van der Waals surface area (Å²) < 4.78 is 0. The predicted molar refractivity (Wildman–Crippen MR) is 95.8 cm³/mol. The van der Waals surface area contributed by atoms with Crippen molar-refractivity contribution < 1.29 is 4.79 Å². The second-order valence-corrected chi connectivity index (χ2v) is 7.44. The minimum atomic E-state index is -0.605. The van der Waals surface area contributed by atoms with Crippen molar-refractivity contribution in [2.24, 2.45) is 16.1 Å². The van der Waals surface area contributed by atoms with Gasteiger partial charge in [0.2, 0.25) is 5.91 Å². The average molecular weight is 352 g/mol. The van der Waals surface area contributed by atoms with Crippen LogP contribution in [0.4, 0.5) is 0 Å². The maximum atomic E-state index is 12.5. The molecule has 7 heteroatoms. The zero-order chi connectivity index (χ0) is 18.1. The second kappa shape index (κ2) is 7.04. The Morgan fingerprint density at radius 3 is 2.77 bits per heavy atom. The van der Waals surface area contributed by atoms with Crippen molar-refractivity contribution in [3.05, 3.63) is 35.4 Å². The first-order chi connectivity index (χ1) is 12.7. The Kier molecular flexibility index (Phi) is 4.60. The summed E-state index contributed by atoms with van der Waals surface area (Å²) >= 11 is 0. The minimum Gasteiger partial charge on any atom is -0.325 e. The van der Waals surface area contributed by atoms with Gasteiger partial charge >= 0.3 is 0 Å². The van der Waals surface area contributed by atoms with E-state index in [0.717, 1.165) is 30.5 Å². The molecule has 136 valence electrons. The number of rotatable bonds is 5. The number of hydrogen-bond acceptors (Lipinski definition) is 6. The fourth-order valence-electron chi connectivity index (χ4n) is 3.74. The molecule has 0 aromatic heterocycles. The van der Waals surface area contributed by atoms with Gasteiger partial charge in [-0.1, -0.05) is 29.5 Å². The van der Waals surface area contributed by atoms with E-state index in [2.05, 4.69) is 33.5 Å². The molecule has 2 fully saturated rings. The summed E-state index contributed by atoms with van der Waals surface area (Å²) in [5, 5.41) is 19.9. The topological polar surface area (TPSA) is 98.1 Å². The van der Waals surface area contributed by atoms with Gasteiger partial charge in [-0.3, -0.25) is 9.80 Å². The maximum absolute atomic E-state index is 12.5. The van der Waals surface area contributed by atoms with Gasteiger partial charge < -0.3 is 10.6 Å². The smallest absolute Gasteiger partial charge is 0.240 e. The van der Waals surface area contributed by atoms with Crippen molar-refractivity contribution in [2.75, 3.05) is 13.1 Å². The molecule has 1 unspecified atom stereocenters. The highest BCUT2D eigenvalue weighted by Crippen LogP contribution is 2.34. The van der Waals surface area contributed by atoms with E-state index < -0.39 is 6.04 Å². The molecule has 2 N–H and O–H groups in total. The van der Waals surface area contributed by atoms with Crippen LogP contribution in [-0.2, 0) is 11.2 Å². The normalized spacial score (nSPS) is 26.2. The van der Waals surface area contributed by atoms with Gasteiger partial charge in [-0.15, -0.1) is 0 Å². The molecule has 1 aromatic rings. The molecule has 1 saturated heterocycles. The van der Waals surface area contributed by atoms with Gasteiger partial charge in [-0.25, -0.2) is 0 Å². The minimum absolute atomic E-state index is 0.0981. The molecule has 0 radical (unpaired) electrons. The first kappa shape index (κ1) is 17.0. The third kappa shape index (κ3) is 3.42. The Balaban J connectivity index is 1.34. The van der Waals surface area contributed by atoms with Crippen LogP contribution in [0.15, 0.2) is 34.6 Å². The van der Waals surface area contributed by atoms with Crippen molar-refractivity contribution in [1.82, 2.24) is 9.91 Å². The molecule has 0 spiro atoms. The van der Waals surface area contributed by atoms with Crippen molar-refractivity contribution >= 4 is 5.91 Å². The average Bonchev–Trinajstić information content (AvgIpc) is 3.21. The summed E-state index contributed by atoms with van der Waals surface area (Å²) in [5.41, 5.74) is 8.29. The number of amides is 1. The lowest BCUT2D eigenvalue weighted by Gasteiger charge is -2.23. The van der Waals surface area contributed by atoms with Crippen molar-refractivity contribution in [3.63, 3.8) is 0 Å². The van der Waals surface area contributed by atoms with Gasteiger partial charge in [-0.2, -0.15) is 10.4 Å². The Morgan fingerprint density at radius 1 is 1.31 bits per heavy atom. The summed E-state index contributed by atoms with van der Waals surface area (Å²) in [5.74, 6) is -0.122. The van der Waals surface area contributed by atoms with Crippen molar-refractivity contribution in [2.45, 2.75) is 56.3 Å². The Morgan fingerprint density at radius 2 is 2.08 bits per heavy atom. The molecule has 4 rings (SSSR count). The van der Waals surface area contributed by atoms with Crippen molar-refractivity contribution in [3.8, 4) is 6.07 Å². The molecule has 0 bridgehead atoms. The standard InChI is InChI=1S/C19H24N6O/c20-11-16-2-1-9-24(16)19(26)17(21)10-13-3-5-14(6-4-13)18-12-25(23-22-18)15-7-8-15/h3-6,15-18H,1-2,7-10,12,21H2/t16-,17-,18?/m0/s1. The molecule has 7 nitrogen and oxygen atoms in total. The largest absolute Gasteiger partial charge is 0.325 e. The Labute approximate surface area is 153 Å². The molecule has 3 aliphatic rings. The van der Waals surface area contributed by atoms with Gasteiger partial charge in [0.1, 0.15) is 12.1 Å².